The van der Waals surface area contributed by atoms with Crippen molar-refractivity contribution in [2.45, 2.75) is 32.2 Å². The van der Waals surface area contributed by atoms with Crippen LogP contribution in [-0.2, 0) is 17.6 Å². The van der Waals surface area contributed by atoms with Crippen LogP contribution < -0.4 is 11.1 Å². The molecule has 2 aromatic rings. The second kappa shape index (κ2) is 6.83. The Morgan fingerprint density at radius 3 is 2.71 bits per heavy atom. The highest BCUT2D eigenvalue weighted by molar-refractivity contribution is 7.09. The van der Waals surface area contributed by atoms with Gasteiger partial charge in [-0.3, -0.25) is 4.79 Å². The minimum absolute atomic E-state index is 0.0370. The average Bonchev–Trinajstić information content (AvgIpc) is 2.84. The number of nitrogens with two attached hydrogens (primary N) is 1. The fourth-order valence-corrected chi connectivity index (χ4v) is 2.66. The van der Waals surface area contributed by atoms with Gasteiger partial charge in [0.15, 0.2) is 0 Å². The molecule has 1 amide bonds. The van der Waals surface area contributed by atoms with E-state index in [2.05, 4.69) is 22.4 Å². The lowest BCUT2D eigenvalue weighted by atomic mass is 10.1. The van der Waals surface area contributed by atoms with Gasteiger partial charge in [-0.2, -0.15) is 0 Å². The monoisotopic (exact) mass is 303 g/mol. The summed E-state index contributed by atoms with van der Waals surface area (Å²) in [6.07, 6.45) is 1.12. The van der Waals surface area contributed by atoms with Crippen molar-refractivity contribution >= 4 is 17.2 Å². The maximum absolute atomic E-state index is 11.8. The molecule has 0 saturated carbocycles. The molecule has 1 aromatic heterocycles. The third kappa shape index (κ3) is 5.65. The third-order valence-electron chi connectivity index (χ3n) is 2.88. The number of aromatic nitrogens is 1. The van der Waals surface area contributed by atoms with Crippen LogP contribution in [0.3, 0.4) is 0 Å². The van der Waals surface area contributed by atoms with Crippen LogP contribution in [0, 0.1) is 0 Å². The molecule has 0 unspecified atom stereocenters. The molecule has 2 rings (SSSR count). The summed E-state index contributed by atoms with van der Waals surface area (Å²) in [5.74, 6) is -0.0370. The van der Waals surface area contributed by atoms with Crippen LogP contribution >= 0.6 is 11.3 Å². The van der Waals surface area contributed by atoms with Crippen molar-refractivity contribution in [2.75, 3.05) is 6.54 Å². The van der Waals surface area contributed by atoms with E-state index in [0.29, 0.717) is 13.0 Å². The van der Waals surface area contributed by atoms with Crippen LogP contribution in [0.2, 0.25) is 0 Å². The molecular formula is C16H21N3OS. The van der Waals surface area contributed by atoms with E-state index in [1.165, 1.54) is 5.56 Å². The highest BCUT2D eigenvalue weighted by Gasteiger charge is 2.13. The molecule has 0 atom stereocenters. The zero-order valence-corrected chi connectivity index (χ0v) is 13.2. The Hall–Kier alpha value is -1.72. The Bertz CT molecular complexity index is 587. The Morgan fingerprint density at radius 1 is 1.33 bits per heavy atom. The lowest BCUT2D eigenvalue weighted by Gasteiger charge is -2.18. The minimum atomic E-state index is -0.393. The molecule has 0 radical (unpaired) electrons. The quantitative estimate of drug-likeness (QED) is 0.859. The minimum Gasteiger partial charge on any atom is -0.354 e. The van der Waals surface area contributed by atoms with Crippen molar-refractivity contribution in [3.05, 3.63) is 52.0 Å². The number of nitrogens with zero attached hydrogens (tertiary/aromatic N) is 1. The number of carbonyl (C=O) groups is 1. The molecule has 0 saturated heterocycles. The summed E-state index contributed by atoms with van der Waals surface area (Å²) in [4.78, 5) is 16.3. The van der Waals surface area contributed by atoms with Gasteiger partial charge in [0, 0.05) is 23.9 Å². The zero-order chi connectivity index (χ0) is 15.3. The molecule has 0 bridgehead atoms. The lowest BCUT2D eigenvalue weighted by molar-refractivity contribution is -0.120. The van der Waals surface area contributed by atoms with E-state index in [1.54, 1.807) is 11.3 Å². The normalized spacial score (nSPS) is 11.4. The molecule has 0 aliphatic heterocycles. The van der Waals surface area contributed by atoms with Gasteiger partial charge in [0.2, 0.25) is 5.91 Å². The van der Waals surface area contributed by atoms with Crippen molar-refractivity contribution in [1.29, 1.82) is 0 Å². The fourth-order valence-electron chi connectivity index (χ4n) is 1.84. The van der Waals surface area contributed by atoms with Crippen LogP contribution in [0.15, 0.2) is 35.7 Å². The van der Waals surface area contributed by atoms with E-state index in [9.17, 15) is 4.79 Å². The third-order valence-corrected chi connectivity index (χ3v) is 3.78. The summed E-state index contributed by atoms with van der Waals surface area (Å²) in [5, 5.41) is 5.81. The lowest BCUT2D eigenvalue weighted by Crippen LogP contribution is -2.45. The molecule has 1 aromatic carbocycles. The first-order valence-electron chi connectivity index (χ1n) is 6.95. The van der Waals surface area contributed by atoms with Crippen LogP contribution in [0.25, 0.3) is 0 Å². The standard InChI is InChI=1S/C16H21N3OS/c1-16(2,17)11-18-14(20)9-13-10-21-15(19-13)8-12-6-4-3-5-7-12/h3-7,10H,8-9,11,17H2,1-2H3,(H,18,20). The second-order valence-corrected chi connectivity index (χ2v) is 6.78. The van der Waals surface area contributed by atoms with E-state index >= 15 is 0 Å². The van der Waals surface area contributed by atoms with Crippen molar-refractivity contribution in [1.82, 2.24) is 10.3 Å². The highest BCUT2D eigenvalue weighted by Crippen LogP contribution is 2.15. The van der Waals surface area contributed by atoms with Crippen molar-refractivity contribution in [3.8, 4) is 0 Å². The van der Waals surface area contributed by atoms with Crippen molar-refractivity contribution in [3.63, 3.8) is 0 Å². The molecule has 21 heavy (non-hydrogen) atoms. The molecule has 3 N–H and O–H groups in total. The molecule has 0 aliphatic rings. The maximum Gasteiger partial charge on any atom is 0.226 e. The molecule has 4 nitrogen and oxygen atoms in total. The zero-order valence-electron chi connectivity index (χ0n) is 12.4. The molecular weight excluding hydrogens is 282 g/mol. The first kappa shape index (κ1) is 15.7. The Morgan fingerprint density at radius 2 is 2.05 bits per heavy atom. The summed E-state index contributed by atoms with van der Waals surface area (Å²) in [6.45, 7) is 4.23. The first-order chi connectivity index (χ1) is 9.92. The second-order valence-electron chi connectivity index (χ2n) is 5.84. The van der Waals surface area contributed by atoms with Crippen molar-refractivity contribution < 1.29 is 4.79 Å². The number of thiazole rings is 1. The van der Waals surface area contributed by atoms with Gasteiger partial charge in [-0.25, -0.2) is 4.98 Å². The number of rotatable bonds is 6. The number of amides is 1. The number of benzene rings is 1. The van der Waals surface area contributed by atoms with Crippen LogP contribution in [-0.4, -0.2) is 23.0 Å². The summed E-state index contributed by atoms with van der Waals surface area (Å²) in [6, 6.07) is 10.2. The van der Waals surface area contributed by atoms with E-state index < -0.39 is 5.54 Å². The number of hydrogen-bond acceptors (Lipinski definition) is 4. The van der Waals surface area contributed by atoms with Gasteiger partial charge in [-0.05, 0) is 19.4 Å². The molecule has 0 aliphatic carbocycles. The van der Waals surface area contributed by atoms with E-state index in [0.717, 1.165) is 17.1 Å². The summed E-state index contributed by atoms with van der Waals surface area (Å²) < 4.78 is 0. The number of nitrogens with one attached hydrogen (secondary N) is 1. The average molecular weight is 303 g/mol. The molecule has 1 heterocycles. The molecule has 112 valence electrons. The van der Waals surface area contributed by atoms with Gasteiger partial charge in [0.25, 0.3) is 0 Å². The van der Waals surface area contributed by atoms with E-state index in [4.69, 9.17) is 5.73 Å². The van der Waals surface area contributed by atoms with Gasteiger partial charge < -0.3 is 11.1 Å². The van der Waals surface area contributed by atoms with Gasteiger partial charge >= 0.3 is 0 Å². The topological polar surface area (TPSA) is 68.0 Å². The van der Waals surface area contributed by atoms with Gasteiger partial charge in [0.1, 0.15) is 0 Å². The molecule has 0 fully saturated rings. The predicted octanol–water partition coefficient (Wildman–Crippen LogP) is 2.13. The first-order valence-corrected chi connectivity index (χ1v) is 7.83. The Balaban J connectivity index is 1.87. The van der Waals surface area contributed by atoms with Crippen LogP contribution in [0.4, 0.5) is 0 Å². The number of carbonyl (C=O) groups excluding carboxylic acids is 1. The molecule has 0 spiro atoms. The van der Waals surface area contributed by atoms with Gasteiger partial charge in [-0.15, -0.1) is 11.3 Å². The maximum atomic E-state index is 11.8. The predicted molar refractivity (Wildman–Crippen MR) is 86.3 cm³/mol. The van der Waals surface area contributed by atoms with Crippen LogP contribution in [0.5, 0.6) is 0 Å². The van der Waals surface area contributed by atoms with Gasteiger partial charge in [0.05, 0.1) is 17.1 Å². The van der Waals surface area contributed by atoms with Crippen LogP contribution in [0.1, 0.15) is 30.1 Å². The Labute approximate surface area is 129 Å². The summed E-state index contributed by atoms with van der Waals surface area (Å²) in [7, 11) is 0. The van der Waals surface area contributed by atoms with E-state index in [1.807, 2.05) is 37.4 Å². The smallest absolute Gasteiger partial charge is 0.226 e. The van der Waals surface area contributed by atoms with Gasteiger partial charge in [-0.1, -0.05) is 30.3 Å². The molecule has 5 heteroatoms. The highest BCUT2D eigenvalue weighted by atomic mass is 32.1. The SMILES string of the molecule is CC(C)(N)CNC(=O)Cc1csc(Cc2ccccc2)n1. The Kier molecular flexibility index (Phi) is 5.09. The largest absolute Gasteiger partial charge is 0.354 e. The fraction of sp³-hybridized carbons (Fsp3) is 0.375. The summed E-state index contributed by atoms with van der Waals surface area (Å²) in [5.41, 5.74) is 7.49. The number of hydrogen-bond donors (Lipinski definition) is 2. The van der Waals surface area contributed by atoms with E-state index in [-0.39, 0.29) is 5.91 Å². The van der Waals surface area contributed by atoms with Crippen molar-refractivity contribution in [2.24, 2.45) is 5.73 Å². The summed E-state index contributed by atoms with van der Waals surface area (Å²) >= 11 is 1.59.